The molecule has 106 valence electrons. The molecule has 0 unspecified atom stereocenters. The van der Waals surface area contributed by atoms with Crippen molar-refractivity contribution in [2.24, 2.45) is 0 Å². The summed E-state index contributed by atoms with van der Waals surface area (Å²) in [6.07, 6.45) is 4.21. The lowest BCUT2D eigenvalue weighted by Gasteiger charge is -2.16. The Bertz CT molecular complexity index is 513. The number of aryl methyl sites for hydroxylation is 1. The highest BCUT2D eigenvalue weighted by atomic mass is 16.3. The molecule has 1 heterocycles. The van der Waals surface area contributed by atoms with Gasteiger partial charge in [-0.3, -0.25) is 9.48 Å². The number of hydrogen-bond donors (Lipinski definition) is 2. The van der Waals surface area contributed by atoms with Crippen molar-refractivity contribution in [3.05, 3.63) is 48.3 Å². The Morgan fingerprint density at radius 2 is 2.15 bits per heavy atom. The van der Waals surface area contributed by atoms with Crippen molar-refractivity contribution in [1.29, 1.82) is 0 Å². The van der Waals surface area contributed by atoms with Crippen LogP contribution in [0, 0.1) is 0 Å². The minimum atomic E-state index is -0.263. The zero-order chi connectivity index (χ0) is 14.2. The molecule has 0 aliphatic heterocycles. The highest BCUT2D eigenvalue weighted by Crippen LogP contribution is 2.03. The maximum Gasteiger partial charge on any atom is 0.222 e. The average Bonchev–Trinajstić information content (AvgIpc) is 2.99. The minimum Gasteiger partial charge on any atom is -0.394 e. The van der Waals surface area contributed by atoms with Gasteiger partial charge in [0, 0.05) is 12.6 Å². The van der Waals surface area contributed by atoms with E-state index in [1.165, 1.54) is 0 Å². The number of benzene rings is 1. The molecule has 20 heavy (non-hydrogen) atoms. The van der Waals surface area contributed by atoms with E-state index in [0.29, 0.717) is 19.4 Å². The summed E-state index contributed by atoms with van der Waals surface area (Å²) in [6.45, 7) is 0.402. The summed E-state index contributed by atoms with van der Waals surface area (Å²) in [7, 11) is 0. The van der Waals surface area contributed by atoms with Crippen molar-refractivity contribution in [2.75, 3.05) is 6.61 Å². The van der Waals surface area contributed by atoms with Crippen LogP contribution in [-0.4, -0.2) is 38.7 Å². The first-order valence-electron chi connectivity index (χ1n) is 6.56. The molecule has 2 rings (SSSR count). The molecule has 2 aromatic rings. The number of carbonyl (C=O) groups is 1. The Labute approximate surface area is 117 Å². The van der Waals surface area contributed by atoms with Crippen molar-refractivity contribution in [3.8, 4) is 0 Å². The van der Waals surface area contributed by atoms with E-state index in [1.54, 1.807) is 17.1 Å². The third-order valence-electron chi connectivity index (χ3n) is 2.95. The summed E-state index contributed by atoms with van der Waals surface area (Å²) < 4.78 is 1.60. The van der Waals surface area contributed by atoms with Crippen LogP contribution in [0.15, 0.2) is 42.7 Å². The van der Waals surface area contributed by atoms with E-state index < -0.39 is 0 Å². The van der Waals surface area contributed by atoms with Gasteiger partial charge in [-0.05, 0) is 12.0 Å². The molecule has 1 aromatic heterocycles. The summed E-state index contributed by atoms with van der Waals surface area (Å²) in [5.41, 5.74) is 1.09. The van der Waals surface area contributed by atoms with Crippen molar-refractivity contribution in [1.82, 2.24) is 20.3 Å². The lowest BCUT2D eigenvalue weighted by molar-refractivity contribution is -0.122. The Kier molecular flexibility index (Phi) is 5.25. The quantitative estimate of drug-likeness (QED) is 0.765. The molecule has 2 N–H and O–H groups in total. The van der Waals surface area contributed by atoms with Crippen molar-refractivity contribution >= 4 is 5.91 Å². The van der Waals surface area contributed by atoms with Gasteiger partial charge in [0.05, 0.1) is 25.4 Å². The van der Waals surface area contributed by atoms with Gasteiger partial charge in [-0.1, -0.05) is 35.5 Å². The lowest BCUT2D eigenvalue weighted by atomic mass is 10.1. The number of aliphatic hydroxyl groups excluding tert-OH is 1. The number of rotatable bonds is 7. The van der Waals surface area contributed by atoms with Crippen LogP contribution >= 0.6 is 0 Å². The van der Waals surface area contributed by atoms with E-state index in [-0.39, 0.29) is 18.6 Å². The monoisotopic (exact) mass is 274 g/mol. The molecule has 0 spiro atoms. The molecule has 6 nitrogen and oxygen atoms in total. The van der Waals surface area contributed by atoms with Crippen molar-refractivity contribution in [3.63, 3.8) is 0 Å². The van der Waals surface area contributed by atoms with Crippen LogP contribution in [0.1, 0.15) is 12.0 Å². The minimum absolute atomic E-state index is 0.0794. The van der Waals surface area contributed by atoms with Gasteiger partial charge in [-0.15, -0.1) is 5.10 Å². The molecular weight excluding hydrogens is 256 g/mol. The number of amides is 1. The molecule has 0 bridgehead atoms. The van der Waals surface area contributed by atoms with E-state index in [1.807, 2.05) is 30.3 Å². The fraction of sp³-hybridized carbons (Fsp3) is 0.357. The van der Waals surface area contributed by atoms with Gasteiger partial charge < -0.3 is 10.4 Å². The van der Waals surface area contributed by atoms with E-state index in [4.69, 9.17) is 0 Å². The highest BCUT2D eigenvalue weighted by molar-refractivity contribution is 5.76. The smallest absolute Gasteiger partial charge is 0.222 e. The predicted octanol–water partition coefficient (Wildman–Crippen LogP) is 0.388. The van der Waals surface area contributed by atoms with Crippen LogP contribution in [-0.2, 0) is 17.8 Å². The molecule has 0 fully saturated rings. The number of nitrogens with one attached hydrogen (secondary N) is 1. The molecular formula is C14H18N4O2. The summed E-state index contributed by atoms with van der Waals surface area (Å²) in [6, 6.07) is 9.51. The second-order valence-electron chi connectivity index (χ2n) is 4.55. The van der Waals surface area contributed by atoms with E-state index in [9.17, 15) is 9.90 Å². The van der Waals surface area contributed by atoms with Crippen LogP contribution in [0.2, 0.25) is 0 Å². The van der Waals surface area contributed by atoms with Gasteiger partial charge in [0.2, 0.25) is 5.91 Å². The molecule has 0 aliphatic carbocycles. The van der Waals surface area contributed by atoms with Gasteiger partial charge in [0.25, 0.3) is 0 Å². The first kappa shape index (κ1) is 14.2. The Morgan fingerprint density at radius 1 is 1.35 bits per heavy atom. The topological polar surface area (TPSA) is 80.0 Å². The van der Waals surface area contributed by atoms with Crippen LogP contribution in [0.3, 0.4) is 0 Å². The first-order valence-corrected chi connectivity index (χ1v) is 6.56. The van der Waals surface area contributed by atoms with E-state index in [2.05, 4.69) is 15.6 Å². The zero-order valence-electron chi connectivity index (χ0n) is 11.1. The third kappa shape index (κ3) is 4.47. The van der Waals surface area contributed by atoms with Crippen LogP contribution < -0.4 is 5.32 Å². The van der Waals surface area contributed by atoms with Gasteiger partial charge in [-0.2, -0.15) is 0 Å². The Balaban J connectivity index is 1.79. The standard InChI is InChI=1S/C14H18N4O2/c19-11-13(10-12-4-2-1-3-5-12)16-14(20)6-8-18-9-7-15-17-18/h1-5,7,9,13,19H,6,8,10-11H2,(H,16,20)/t13-/m1/s1. The van der Waals surface area contributed by atoms with Crippen LogP contribution in [0.4, 0.5) is 0 Å². The van der Waals surface area contributed by atoms with Gasteiger partial charge in [0.15, 0.2) is 0 Å². The Morgan fingerprint density at radius 3 is 2.80 bits per heavy atom. The molecule has 1 atom stereocenters. The molecule has 6 heteroatoms. The van der Waals surface area contributed by atoms with Gasteiger partial charge in [0.1, 0.15) is 0 Å². The fourth-order valence-corrected chi connectivity index (χ4v) is 1.93. The largest absolute Gasteiger partial charge is 0.394 e. The second-order valence-corrected chi connectivity index (χ2v) is 4.55. The summed E-state index contributed by atoms with van der Waals surface area (Å²) in [4.78, 5) is 11.8. The van der Waals surface area contributed by atoms with Gasteiger partial charge >= 0.3 is 0 Å². The highest BCUT2D eigenvalue weighted by Gasteiger charge is 2.12. The average molecular weight is 274 g/mol. The molecule has 0 radical (unpaired) electrons. The van der Waals surface area contributed by atoms with Crippen molar-refractivity contribution in [2.45, 2.75) is 25.4 Å². The Hall–Kier alpha value is -2.21. The summed E-state index contributed by atoms with van der Waals surface area (Å²) in [5.74, 6) is -0.101. The lowest BCUT2D eigenvalue weighted by Crippen LogP contribution is -2.39. The number of hydrogen-bond acceptors (Lipinski definition) is 4. The first-order chi connectivity index (χ1) is 9.78. The number of aliphatic hydroxyl groups is 1. The second kappa shape index (κ2) is 7.40. The molecule has 0 saturated heterocycles. The summed E-state index contributed by atoms with van der Waals surface area (Å²) >= 11 is 0. The maximum atomic E-state index is 11.8. The normalized spacial score (nSPS) is 12.1. The zero-order valence-corrected chi connectivity index (χ0v) is 11.1. The number of aromatic nitrogens is 3. The third-order valence-corrected chi connectivity index (χ3v) is 2.95. The van der Waals surface area contributed by atoms with Crippen LogP contribution in [0.5, 0.6) is 0 Å². The molecule has 0 aliphatic rings. The molecule has 1 aromatic carbocycles. The predicted molar refractivity (Wildman–Crippen MR) is 73.8 cm³/mol. The van der Waals surface area contributed by atoms with E-state index in [0.717, 1.165) is 5.56 Å². The fourth-order valence-electron chi connectivity index (χ4n) is 1.93. The maximum absolute atomic E-state index is 11.8. The molecule has 1 amide bonds. The molecule has 0 saturated carbocycles. The number of carbonyl (C=O) groups excluding carboxylic acids is 1. The SMILES string of the molecule is O=C(CCn1ccnn1)N[C@@H](CO)Cc1ccccc1. The van der Waals surface area contributed by atoms with Crippen LogP contribution in [0.25, 0.3) is 0 Å². The summed E-state index contributed by atoms with van der Waals surface area (Å²) in [5, 5.41) is 19.6. The van der Waals surface area contributed by atoms with Gasteiger partial charge in [-0.25, -0.2) is 0 Å². The van der Waals surface area contributed by atoms with Crippen molar-refractivity contribution < 1.29 is 9.90 Å². The number of nitrogens with zero attached hydrogens (tertiary/aromatic N) is 3. The van der Waals surface area contributed by atoms with E-state index >= 15 is 0 Å².